The Balaban J connectivity index is 1.28. The summed E-state index contributed by atoms with van der Waals surface area (Å²) in [6.45, 7) is 10.8. The van der Waals surface area contributed by atoms with Gasteiger partial charge in [0.05, 0.1) is 6.54 Å². The number of hydrogen-bond acceptors (Lipinski definition) is 7. The second-order valence-corrected chi connectivity index (χ2v) is 11.7. The number of hydrogen-bond donors (Lipinski definition) is 1. The molecule has 5 rings (SSSR count). The molecule has 40 heavy (non-hydrogen) atoms. The van der Waals surface area contributed by atoms with Crippen LogP contribution in [0.25, 0.3) is 0 Å². The summed E-state index contributed by atoms with van der Waals surface area (Å²) in [6.07, 6.45) is 0.817. The number of amides is 2. The molecule has 0 atom stereocenters. The molecule has 10 nitrogen and oxygen atoms in total. The van der Waals surface area contributed by atoms with E-state index in [1.807, 2.05) is 29.9 Å². The number of esters is 1. The standard InChI is InChI=1S/C30H35N5O5/c1-29(2,3)40-28(38)30(4,5)39-22-9-7-8-20(17-22)26(36)31-24-18-25-34(14-15-35(25)32-24)21-10-11-23-19(16-21)12-13-33(6)27(23)37/h7-11,16-18H,12-15H2,1-6H3,(H,31,32,36). The van der Waals surface area contributed by atoms with Crippen molar-refractivity contribution in [3.8, 4) is 5.75 Å². The summed E-state index contributed by atoms with van der Waals surface area (Å²) in [5.74, 6) is 0.877. The largest absolute Gasteiger partial charge is 0.476 e. The number of fused-ring (bicyclic) bond motifs is 2. The smallest absolute Gasteiger partial charge is 0.350 e. The van der Waals surface area contributed by atoms with Crippen LogP contribution in [0.1, 0.15) is 60.9 Å². The fourth-order valence-corrected chi connectivity index (χ4v) is 4.81. The fraction of sp³-hybridized carbons (Fsp3) is 0.400. The van der Waals surface area contributed by atoms with Crippen LogP contribution in [0.5, 0.6) is 5.75 Å². The van der Waals surface area contributed by atoms with Crippen molar-refractivity contribution in [2.75, 3.05) is 30.4 Å². The Morgan fingerprint density at radius 1 is 0.975 bits per heavy atom. The third-order valence-corrected chi connectivity index (χ3v) is 6.87. The lowest BCUT2D eigenvalue weighted by Crippen LogP contribution is -2.43. The molecule has 0 spiro atoms. The SMILES string of the molecule is CN1CCc2cc(N3CCn4nc(NC(=O)c5cccc(OC(C)(C)C(=O)OC(C)(C)C)c5)cc43)ccc2C1=O. The molecule has 0 radical (unpaired) electrons. The first kappa shape index (κ1) is 27.2. The lowest BCUT2D eigenvalue weighted by Gasteiger charge is -2.29. The minimum Gasteiger partial charge on any atom is -0.476 e. The van der Waals surface area contributed by atoms with E-state index in [1.165, 1.54) is 0 Å². The lowest BCUT2D eigenvalue weighted by molar-refractivity contribution is -0.170. The summed E-state index contributed by atoms with van der Waals surface area (Å²) in [5, 5.41) is 7.44. The highest BCUT2D eigenvalue weighted by Gasteiger charge is 2.35. The van der Waals surface area contributed by atoms with E-state index in [0.29, 0.717) is 30.2 Å². The van der Waals surface area contributed by atoms with Crippen LogP contribution >= 0.6 is 0 Å². The van der Waals surface area contributed by atoms with Crippen molar-refractivity contribution in [2.45, 2.75) is 58.8 Å². The molecule has 210 valence electrons. The molecule has 2 aliphatic heterocycles. The van der Waals surface area contributed by atoms with E-state index in [-0.39, 0.29) is 11.8 Å². The van der Waals surface area contributed by atoms with Crippen molar-refractivity contribution in [1.82, 2.24) is 14.7 Å². The Morgan fingerprint density at radius 2 is 1.75 bits per heavy atom. The van der Waals surface area contributed by atoms with Crippen LogP contribution < -0.4 is 15.0 Å². The number of likely N-dealkylation sites (N-methyl/N-ethyl adjacent to an activating group) is 1. The van der Waals surface area contributed by atoms with Gasteiger partial charge in [0.25, 0.3) is 11.8 Å². The summed E-state index contributed by atoms with van der Waals surface area (Å²) in [5.41, 5.74) is 1.27. The fourth-order valence-electron chi connectivity index (χ4n) is 4.81. The van der Waals surface area contributed by atoms with E-state index in [4.69, 9.17) is 9.47 Å². The van der Waals surface area contributed by atoms with Gasteiger partial charge in [-0.2, -0.15) is 5.10 Å². The monoisotopic (exact) mass is 545 g/mol. The van der Waals surface area contributed by atoms with Crippen LogP contribution in [0.2, 0.25) is 0 Å². The van der Waals surface area contributed by atoms with Crippen LogP contribution in [0.3, 0.4) is 0 Å². The molecule has 0 unspecified atom stereocenters. The van der Waals surface area contributed by atoms with E-state index < -0.39 is 17.2 Å². The Morgan fingerprint density at radius 3 is 2.50 bits per heavy atom. The van der Waals surface area contributed by atoms with Gasteiger partial charge < -0.3 is 24.6 Å². The van der Waals surface area contributed by atoms with Crippen molar-refractivity contribution in [3.63, 3.8) is 0 Å². The zero-order chi connectivity index (χ0) is 28.8. The molecule has 0 bridgehead atoms. The zero-order valence-electron chi connectivity index (χ0n) is 23.8. The van der Waals surface area contributed by atoms with Crippen LogP contribution in [0.15, 0.2) is 48.5 Å². The van der Waals surface area contributed by atoms with Crippen molar-refractivity contribution < 1.29 is 23.9 Å². The topological polar surface area (TPSA) is 106 Å². The molecule has 1 aromatic heterocycles. The molecule has 0 saturated carbocycles. The molecular weight excluding hydrogens is 510 g/mol. The van der Waals surface area contributed by atoms with Crippen molar-refractivity contribution in [2.24, 2.45) is 0 Å². The van der Waals surface area contributed by atoms with Gasteiger partial charge in [0.1, 0.15) is 17.2 Å². The van der Waals surface area contributed by atoms with Crippen LogP contribution in [0, 0.1) is 0 Å². The molecule has 10 heteroatoms. The Labute approximate surface area is 233 Å². The molecule has 2 aliphatic rings. The predicted molar refractivity (Wildman–Crippen MR) is 151 cm³/mol. The number of rotatable bonds is 6. The van der Waals surface area contributed by atoms with Gasteiger partial charge in [-0.15, -0.1) is 0 Å². The van der Waals surface area contributed by atoms with Gasteiger partial charge in [0.2, 0.25) is 0 Å². The second-order valence-electron chi connectivity index (χ2n) is 11.7. The number of nitrogens with zero attached hydrogens (tertiary/aromatic N) is 4. The molecule has 0 saturated heterocycles. The van der Waals surface area contributed by atoms with E-state index in [2.05, 4.69) is 21.4 Å². The van der Waals surface area contributed by atoms with Crippen LogP contribution in [-0.2, 0) is 22.5 Å². The molecule has 2 aromatic carbocycles. The maximum absolute atomic E-state index is 13.1. The Bertz CT molecular complexity index is 1490. The lowest BCUT2D eigenvalue weighted by atomic mass is 9.98. The Kier molecular flexibility index (Phi) is 6.81. The Hall–Kier alpha value is -4.34. The first-order chi connectivity index (χ1) is 18.8. The molecule has 0 fully saturated rings. The van der Waals surface area contributed by atoms with Gasteiger partial charge >= 0.3 is 5.97 Å². The molecule has 3 heterocycles. The number of benzene rings is 2. The van der Waals surface area contributed by atoms with E-state index in [9.17, 15) is 14.4 Å². The molecular formula is C30H35N5O5. The van der Waals surface area contributed by atoms with E-state index >= 15 is 0 Å². The zero-order valence-corrected chi connectivity index (χ0v) is 23.8. The summed E-state index contributed by atoms with van der Waals surface area (Å²) in [7, 11) is 1.82. The highest BCUT2D eigenvalue weighted by molar-refractivity contribution is 6.04. The number of carbonyl (C=O) groups excluding carboxylic acids is 3. The quantitative estimate of drug-likeness (QED) is 0.457. The molecule has 3 aromatic rings. The first-order valence-corrected chi connectivity index (χ1v) is 13.4. The van der Waals surface area contributed by atoms with Gasteiger partial charge in [0, 0.05) is 43.0 Å². The minimum atomic E-state index is -1.24. The summed E-state index contributed by atoms with van der Waals surface area (Å²) < 4.78 is 13.2. The van der Waals surface area contributed by atoms with Crippen molar-refractivity contribution in [1.29, 1.82) is 0 Å². The number of ether oxygens (including phenoxy) is 2. The second kappa shape index (κ2) is 10.0. The number of carbonyl (C=O) groups is 3. The van der Waals surface area contributed by atoms with Gasteiger partial charge in [-0.25, -0.2) is 9.48 Å². The van der Waals surface area contributed by atoms with Gasteiger partial charge in [0.15, 0.2) is 11.4 Å². The third kappa shape index (κ3) is 5.52. The molecule has 0 aliphatic carbocycles. The minimum absolute atomic E-state index is 0.0483. The maximum Gasteiger partial charge on any atom is 0.350 e. The van der Waals surface area contributed by atoms with Crippen molar-refractivity contribution in [3.05, 3.63) is 65.2 Å². The summed E-state index contributed by atoms with van der Waals surface area (Å²) in [6, 6.07) is 14.4. The highest BCUT2D eigenvalue weighted by atomic mass is 16.6. The normalized spacial score (nSPS) is 15.0. The number of anilines is 3. The molecule has 1 N–H and O–H groups in total. The number of nitrogens with one attached hydrogen (secondary N) is 1. The summed E-state index contributed by atoms with van der Waals surface area (Å²) >= 11 is 0. The maximum atomic E-state index is 13.1. The van der Waals surface area contributed by atoms with Gasteiger partial charge in [-0.1, -0.05) is 6.07 Å². The first-order valence-electron chi connectivity index (χ1n) is 13.4. The van der Waals surface area contributed by atoms with E-state index in [1.54, 1.807) is 63.8 Å². The number of aromatic nitrogens is 2. The molecule has 2 amide bonds. The van der Waals surface area contributed by atoms with Crippen LogP contribution in [-0.4, -0.2) is 63.8 Å². The highest BCUT2D eigenvalue weighted by Crippen LogP contribution is 2.34. The van der Waals surface area contributed by atoms with Gasteiger partial charge in [-0.3, -0.25) is 9.59 Å². The summed E-state index contributed by atoms with van der Waals surface area (Å²) in [4.78, 5) is 42.0. The average molecular weight is 546 g/mol. The average Bonchev–Trinajstić information content (AvgIpc) is 3.45. The predicted octanol–water partition coefficient (Wildman–Crippen LogP) is 4.41. The van der Waals surface area contributed by atoms with Crippen LogP contribution in [0.4, 0.5) is 17.3 Å². The van der Waals surface area contributed by atoms with Gasteiger partial charge in [-0.05, 0) is 83.0 Å². The van der Waals surface area contributed by atoms with Crippen molar-refractivity contribution >= 4 is 35.1 Å². The van der Waals surface area contributed by atoms with E-state index in [0.717, 1.165) is 35.6 Å². The third-order valence-electron chi connectivity index (χ3n) is 6.87.